The molecule has 3 nitrogen and oxygen atoms in total. The first-order valence-corrected chi connectivity index (χ1v) is 8.06. The maximum Gasteiger partial charge on any atom is 0.168 e. The molecule has 0 aromatic rings. The van der Waals surface area contributed by atoms with E-state index < -0.39 is 0 Å². The van der Waals surface area contributed by atoms with Gasteiger partial charge in [0.05, 0.1) is 13.2 Å². The van der Waals surface area contributed by atoms with Crippen molar-refractivity contribution in [1.82, 2.24) is 5.32 Å². The van der Waals surface area contributed by atoms with Crippen molar-refractivity contribution in [1.29, 1.82) is 0 Å². The van der Waals surface area contributed by atoms with Gasteiger partial charge in [-0.1, -0.05) is 44.2 Å². The van der Waals surface area contributed by atoms with Crippen molar-refractivity contribution in [2.45, 2.75) is 50.9 Å². The molecule has 1 saturated heterocycles. The quantitative estimate of drug-likeness (QED) is 0.845. The summed E-state index contributed by atoms with van der Waals surface area (Å²) in [5.74, 6) is -0.304. The summed E-state index contributed by atoms with van der Waals surface area (Å²) in [6.07, 6.45) is 15.1. The van der Waals surface area contributed by atoms with Gasteiger partial charge >= 0.3 is 0 Å². The number of hydrogen-bond donors (Lipinski definition) is 1. The molecule has 21 heavy (non-hydrogen) atoms. The topological polar surface area (TPSA) is 30.5 Å². The molecule has 0 unspecified atom stereocenters. The van der Waals surface area contributed by atoms with Crippen LogP contribution in [0, 0.1) is 5.41 Å². The highest BCUT2D eigenvalue weighted by atomic mass is 16.7. The van der Waals surface area contributed by atoms with Crippen LogP contribution in [0.1, 0.15) is 39.5 Å². The van der Waals surface area contributed by atoms with Crippen LogP contribution in [0.3, 0.4) is 0 Å². The van der Waals surface area contributed by atoms with Crippen molar-refractivity contribution < 1.29 is 9.47 Å². The largest absolute Gasteiger partial charge is 0.348 e. The van der Waals surface area contributed by atoms with Gasteiger partial charge in [-0.25, -0.2) is 0 Å². The van der Waals surface area contributed by atoms with Gasteiger partial charge < -0.3 is 14.8 Å². The van der Waals surface area contributed by atoms with E-state index in [2.05, 4.69) is 56.6 Å². The minimum absolute atomic E-state index is 0.0447. The SMILES string of the molecule is CNC1(C2=CC=CC=CC2(C)C)CCC2(CC1)OCCO2. The van der Waals surface area contributed by atoms with E-state index in [0.717, 1.165) is 38.9 Å². The monoisotopic (exact) mass is 289 g/mol. The van der Waals surface area contributed by atoms with Crippen LogP contribution in [-0.2, 0) is 9.47 Å². The molecule has 2 aliphatic carbocycles. The van der Waals surface area contributed by atoms with Crippen LogP contribution < -0.4 is 5.32 Å². The van der Waals surface area contributed by atoms with E-state index in [1.54, 1.807) is 0 Å². The molecule has 3 aliphatic rings. The Bertz CT molecular complexity index is 471. The molecule has 1 saturated carbocycles. The lowest BCUT2D eigenvalue weighted by Crippen LogP contribution is -2.54. The minimum Gasteiger partial charge on any atom is -0.348 e. The summed E-state index contributed by atoms with van der Waals surface area (Å²) in [5, 5.41) is 3.63. The third kappa shape index (κ3) is 2.63. The van der Waals surface area contributed by atoms with E-state index in [1.165, 1.54) is 5.57 Å². The maximum absolute atomic E-state index is 5.89. The summed E-state index contributed by atoms with van der Waals surface area (Å²) in [4.78, 5) is 0. The van der Waals surface area contributed by atoms with Gasteiger partial charge in [-0.15, -0.1) is 0 Å². The Morgan fingerprint density at radius 1 is 0.952 bits per heavy atom. The van der Waals surface area contributed by atoms with Gasteiger partial charge in [-0.2, -0.15) is 0 Å². The zero-order chi connectivity index (χ0) is 15.0. The number of hydrogen-bond acceptors (Lipinski definition) is 3. The normalized spacial score (nSPS) is 29.4. The van der Waals surface area contributed by atoms with Gasteiger partial charge in [0.15, 0.2) is 5.79 Å². The van der Waals surface area contributed by atoms with Gasteiger partial charge in [0.1, 0.15) is 0 Å². The van der Waals surface area contributed by atoms with Gasteiger partial charge in [0.2, 0.25) is 0 Å². The molecule has 1 heterocycles. The molecule has 0 aromatic carbocycles. The summed E-state index contributed by atoms with van der Waals surface area (Å²) >= 11 is 0. The van der Waals surface area contributed by atoms with Crippen LogP contribution >= 0.6 is 0 Å². The molecule has 116 valence electrons. The Labute approximate surface area is 128 Å². The smallest absolute Gasteiger partial charge is 0.168 e. The van der Waals surface area contributed by atoms with Crippen LogP contribution in [0.2, 0.25) is 0 Å². The third-order valence-corrected chi connectivity index (χ3v) is 5.37. The Hall–Kier alpha value is -0.900. The van der Waals surface area contributed by atoms with E-state index in [0.29, 0.717) is 0 Å². The van der Waals surface area contributed by atoms with Crippen molar-refractivity contribution >= 4 is 0 Å². The van der Waals surface area contributed by atoms with E-state index in [4.69, 9.17) is 9.47 Å². The first-order chi connectivity index (χ1) is 10.0. The fourth-order valence-electron chi connectivity index (χ4n) is 4.09. The Morgan fingerprint density at radius 3 is 2.24 bits per heavy atom. The van der Waals surface area contributed by atoms with Gasteiger partial charge in [-0.05, 0) is 25.5 Å². The highest BCUT2D eigenvalue weighted by Crippen LogP contribution is 2.48. The molecule has 2 fully saturated rings. The fraction of sp³-hybridized carbons (Fsp3) is 0.667. The molecular formula is C18H27NO2. The van der Waals surface area contributed by atoms with Gasteiger partial charge in [0, 0.05) is 23.8 Å². The van der Waals surface area contributed by atoms with E-state index in [9.17, 15) is 0 Å². The molecule has 0 bridgehead atoms. The zero-order valence-corrected chi connectivity index (χ0v) is 13.4. The lowest BCUT2D eigenvalue weighted by atomic mass is 9.65. The molecule has 1 spiro atoms. The molecule has 3 rings (SSSR count). The van der Waals surface area contributed by atoms with E-state index in [-0.39, 0.29) is 16.7 Å². The Balaban J connectivity index is 1.86. The van der Waals surface area contributed by atoms with Crippen LogP contribution in [0.25, 0.3) is 0 Å². The zero-order valence-electron chi connectivity index (χ0n) is 13.4. The molecular weight excluding hydrogens is 262 g/mol. The number of rotatable bonds is 2. The van der Waals surface area contributed by atoms with Crippen molar-refractivity contribution in [3.8, 4) is 0 Å². The van der Waals surface area contributed by atoms with Crippen molar-refractivity contribution in [2.24, 2.45) is 5.41 Å². The first kappa shape index (κ1) is 15.0. The molecule has 3 heteroatoms. The Morgan fingerprint density at radius 2 is 1.62 bits per heavy atom. The summed E-state index contributed by atoms with van der Waals surface area (Å²) in [6.45, 7) is 6.08. The summed E-state index contributed by atoms with van der Waals surface area (Å²) < 4.78 is 11.8. The predicted octanol–water partition coefficient (Wildman–Crippen LogP) is 3.34. The number of allylic oxidation sites excluding steroid dienone is 5. The number of ether oxygens (including phenoxy) is 2. The highest BCUT2D eigenvalue weighted by Gasteiger charge is 2.49. The van der Waals surface area contributed by atoms with Crippen molar-refractivity contribution in [3.63, 3.8) is 0 Å². The van der Waals surface area contributed by atoms with Gasteiger partial charge in [-0.3, -0.25) is 0 Å². The Kier molecular flexibility index (Phi) is 3.85. The summed E-state index contributed by atoms with van der Waals surface area (Å²) in [5.41, 5.74) is 1.58. The molecule has 1 N–H and O–H groups in total. The van der Waals surface area contributed by atoms with Crippen LogP contribution in [-0.4, -0.2) is 31.6 Å². The van der Waals surface area contributed by atoms with Gasteiger partial charge in [0.25, 0.3) is 0 Å². The second kappa shape index (κ2) is 5.38. The molecule has 0 amide bonds. The average Bonchev–Trinajstić information content (AvgIpc) is 2.85. The lowest BCUT2D eigenvalue weighted by Gasteiger charge is -2.48. The highest BCUT2D eigenvalue weighted by molar-refractivity contribution is 5.38. The first-order valence-electron chi connectivity index (χ1n) is 8.06. The average molecular weight is 289 g/mol. The van der Waals surface area contributed by atoms with Crippen LogP contribution in [0.5, 0.6) is 0 Å². The number of nitrogens with one attached hydrogen (secondary N) is 1. The standard InChI is InChI=1S/C18H27NO2/c1-16(2)8-6-4-5-7-15(16)17(19-3)9-11-18(12-10-17)20-13-14-21-18/h4-8,19H,9-14H2,1-3H3. The van der Waals surface area contributed by atoms with Crippen LogP contribution in [0.4, 0.5) is 0 Å². The second-order valence-corrected chi connectivity index (χ2v) is 6.99. The predicted molar refractivity (Wildman–Crippen MR) is 85.0 cm³/mol. The lowest BCUT2D eigenvalue weighted by molar-refractivity contribution is -0.184. The molecule has 0 radical (unpaired) electrons. The second-order valence-electron chi connectivity index (χ2n) is 6.99. The molecule has 1 aliphatic heterocycles. The number of likely N-dealkylation sites (N-methyl/N-ethyl adjacent to an activating group) is 1. The van der Waals surface area contributed by atoms with E-state index in [1.807, 2.05) is 0 Å². The third-order valence-electron chi connectivity index (χ3n) is 5.37. The van der Waals surface area contributed by atoms with Crippen molar-refractivity contribution in [2.75, 3.05) is 20.3 Å². The van der Waals surface area contributed by atoms with Crippen LogP contribution in [0.15, 0.2) is 36.0 Å². The maximum atomic E-state index is 5.89. The fourth-order valence-corrected chi connectivity index (χ4v) is 4.09. The summed E-state index contributed by atoms with van der Waals surface area (Å²) in [7, 11) is 2.09. The summed E-state index contributed by atoms with van der Waals surface area (Å²) in [6, 6.07) is 0. The molecule has 0 atom stereocenters. The van der Waals surface area contributed by atoms with E-state index >= 15 is 0 Å². The minimum atomic E-state index is -0.304. The van der Waals surface area contributed by atoms with Crippen molar-refractivity contribution in [3.05, 3.63) is 36.0 Å². The molecule has 0 aromatic heterocycles.